The van der Waals surface area contributed by atoms with Crippen molar-refractivity contribution >= 4 is 55.3 Å². The maximum absolute atomic E-state index is 12.7. The number of likely N-dealkylation sites (tertiary alicyclic amines) is 1. The second-order valence-electron chi connectivity index (χ2n) is 6.86. The van der Waals surface area contributed by atoms with Gasteiger partial charge >= 0.3 is 0 Å². The molecule has 1 aliphatic heterocycles. The summed E-state index contributed by atoms with van der Waals surface area (Å²) in [4.78, 5) is 39.2. The van der Waals surface area contributed by atoms with Gasteiger partial charge in [-0.05, 0) is 30.4 Å². The maximum Gasteiger partial charge on any atom is 0.244 e. The highest BCUT2D eigenvalue weighted by Crippen LogP contribution is 2.60. The van der Waals surface area contributed by atoms with Gasteiger partial charge in [-0.1, -0.05) is 37.9 Å². The van der Waals surface area contributed by atoms with Crippen molar-refractivity contribution in [3.63, 3.8) is 0 Å². The van der Waals surface area contributed by atoms with Crippen LogP contribution < -0.4 is 5.32 Å². The second-order valence-corrected chi connectivity index (χ2v) is 8.98. The molecule has 2 saturated carbocycles. The fraction of sp³-hybridized carbons (Fsp3) is 0.471. The highest BCUT2D eigenvalue weighted by molar-refractivity contribution is 9.12. The van der Waals surface area contributed by atoms with E-state index in [-0.39, 0.29) is 57.4 Å². The Labute approximate surface area is 161 Å². The van der Waals surface area contributed by atoms with Gasteiger partial charge in [-0.25, -0.2) is 0 Å². The first-order chi connectivity index (χ1) is 11.9. The number of amides is 3. The number of halogens is 2. The summed E-state index contributed by atoms with van der Waals surface area (Å²) in [7, 11) is 0. The number of nitrogens with one attached hydrogen (secondary N) is 1. The number of carbonyl (C=O) groups is 3. The van der Waals surface area contributed by atoms with E-state index >= 15 is 0 Å². The molecule has 0 radical (unpaired) electrons. The molecule has 3 amide bonds. The van der Waals surface area contributed by atoms with Gasteiger partial charge in [0, 0.05) is 21.4 Å². The molecule has 0 unspecified atom stereocenters. The number of rotatable bonds is 3. The predicted octanol–water partition coefficient (Wildman–Crippen LogP) is 2.11. The third-order valence-corrected chi connectivity index (χ3v) is 8.72. The third-order valence-electron chi connectivity index (χ3n) is 5.51. The Balaban J connectivity index is 1.48. The second kappa shape index (κ2) is 6.09. The minimum atomic E-state index is -0.453. The fourth-order valence-electron chi connectivity index (χ4n) is 4.49. The zero-order valence-corrected chi connectivity index (χ0v) is 16.2. The van der Waals surface area contributed by atoms with Crippen LogP contribution in [0.25, 0.3) is 0 Å². The largest absolute Gasteiger partial charge is 0.508 e. The van der Waals surface area contributed by atoms with Crippen molar-refractivity contribution in [3.05, 3.63) is 24.3 Å². The van der Waals surface area contributed by atoms with Crippen LogP contribution in [0.1, 0.15) is 6.42 Å². The minimum absolute atomic E-state index is 0.0314. The van der Waals surface area contributed by atoms with Gasteiger partial charge in [0.15, 0.2) is 0 Å². The lowest BCUT2D eigenvalue weighted by Gasteiger charge is -2.28. The molecular formula is C17H16Br2N2O4. The Morgan fingerprint density at radius 3 is 2.32 bits per heavy atom. The minimum Gasteiger partial charge on any atom is -0.508 e. The van der Waals surface area contributed by atoms with E-state index < -0.39 is 5.91 Å². The number of hydrogen-bond donors (Lipinski definition) is 2. The molecule has 2 bridgehead atoms. The normalized spacial score (nSPS) is 36.0. The molecule has 1 aromatic rings. The summed E-state index contributed by atoms with van der Waals surface area (Å²) < 4.78 is 0. The van der Waals surface area contributed by atoms with Gasteiger partial charge in [-0.2, -0.15) is 0 Å². The van der Waals surface area contributed by atoms with Crippen molar-refractivity contribution < 1.29 is 19.5 Å². The molecule has 1 aromatic carbocycles. The van der Waals surface area contributed by atoms with Gasteiger partial charge in [0.05, 0.1) is 11.8 Å². The Kier molecular flexibility index (Phi) is 4.15. The van der Waals surface area contributed by atoms with Crippen molar-refractivity contribution in [2.75, 3.05) is 11.9 Å². The van der Waals surface area contributed by atoms with Gasteiger partial charge in [-0.3, -0.25) is 19.3 Å². The molecule has 3 aliphatic rings. The van der Waals surface area contributed by atoms with E-state index in [1.54, 1.807) is 12.1 Å². The summed E-state index contributed by atoms with van der Waals surface area (Å²) in [5.41, 5.74) is 0.422. The number of fused-ring (bicyclic) bond motifs is 5. The molecule has 1 heterocycles. The molecular weight excluding hydrogens is 456 g/mol. The summed E-state index contributed by atoms with van der Waals surface area (Å²) in [5.74, 6) is -1.26. The van der Waals surface area contributed by atoms with Gasteiger partial charge in [0.2, 0.25) is 17.7 Å². The molecule has 132 valence electrons. The third kappa shape index (κ3) is 2.61. The summed E-state index contributed by atoms with van der Waals surface area (Å²) >= 11 is 7.27. The van der Waals surface area contributed by atoms with Crippen LogP contribution in [0, 0.1) is 23.7 Å². The quantitative estimate of drug-likeness (QED) is 0.522. The lowest BCUT2D eigenvalue weighted by atomic mass is 9.81. The molecule has 2 aliphatic carbocycles. The van der Waals surface area contributed by atoms with Crippen LogP contribution in [0.3, 0.4) is 0 Å². The molecule has 25 heavy (non-hydrogen) atoms. The summed E-state index contributed by atoms with van der Waals surface area (Å²) in [5, 5.41) is 12.0. The average Bonchev–Trinajstić information content (AvgIpc) is 3.15. The predicted molar refractivity (Wildman–Crippen MR) is 97.5 cm³/mol. The van der Waals surface area contributed by atoms with Crippen LogP contribution >= 0.6 is 31.9 Å². The van der Waals surface area contributed by atoms with Crippen LogP contribution in [0.15, 0.2) is 24.3 Å². The highest BCUT2D eigenvalue weighted by Gasteiger charge is 2.66. The molecule has 1 saturated heterocycles. The van der Waals surface area contributed by atoms with E-state index in [1.807, 2.05) is 0 Å². The number of aromatic hydroxyl groups is 1. The maximum atomic E-state index is 12.7. The summed E-state index contributed by atoms with van der Waals surface area (Å²) in [6.45, 7) is -0.292. The number of benzene rings is 1. The highest BCUT2D eigenvalue weighted by atomic mass is 79.9. The topological polar surface area (TPSA) is 86.7 Å². The van der Waals surface area contributed by atoms with Crippen molar-refractivity contribution in [1.29, 1.82) is 0 Å². The number of phenols is 1. The molecule has 4 rings (SSSR count). The Morgan fingerprint density at radius 1 is 1.16 bits per heavy atom. The van der Waals surface area contributed by atoms with E-state index in [1.165, 1.54) is 12.1 Å². The number of phenolic OH excluding ortho intramolecular Hbond substituents is 1. The van der Waals surface area contributed by atoms with E-state index in [2.05, 4.69) is 37.2 Å². The fourth-order valence-corrected chi connectivity index (χ4v) is 6.37. The van der Waals surface area contributed by atoms with E-state index in [9.17, 15) is 19.5 Å². The van der Waals surface area contributed by atoms with Crippen LogP contribution in [0.5, 0.6) is 5.75 Å². The monoisotopic (exact) mass is 470 g/mol. The van der Waals surface area contributed by atoms with E-state index in [0.29, 0.717) is 5.69 Å². The van der Waals surface area contributed by atoms with Crippen molar-refractivity contribution in [2.24, 2.45) is 23.7 Å². The lowest BCUT2D eigenvalue weighted by Crippen LogP contribution is -2.39. The van der Waals surface area contributed by atoms with Crippen LogP contribution in [0.4, 0.5) is 5.69 Å². The first-order valence-electron chi connectivity index (χ1n) is 8.10. The number of nitrogens with zero attached hydrogens (tertiary/aromatic N) is 1. The Hall–Kier alpha value is -1.41. The number of hydrogen-bond acceptors (Lipinski definition) is 4. The first kappa shape index (κ1) is 17.0. The van der Waals surface area contributed by atoms with E-state index in [4.69, 9.17) is 0 Å². The smallest absolute Gasteiger partial charge is 0.244 e. The standard InChI is InChI=1S/C17H16Br2N2O4/c18-14-9-5-10(15(14)19)13-12(9)16(24)21(17(13)25)6-11(23)20-7-2-1-3-8(22)4-7/h1-4,9-10,12-15,22H,5-6H2,(H,20,23)/t9-,10+,12-,13-,14+,15+/m0/s1. The number of imide groups is 1. The number of carbonyl (C=O) groups excluding carboxylic acids is 3. The first-order valence-corrected chi connectivity index (χ1v) is 9.94. The zero-order valence-electron chi connectivity index (χ0n) is 13.1. The molecule has 2 N–H and O–H groups in total. The molecule has 0 spiro atoms. The molecule has 6 atom stereocenters. The Morgan fingerprint density at radius 2 is 1.76 bits per heavy atom. The van der Waals surface area contributed by atoms with Crippen molar-refractivity contribution in [1.82, 2.24) is 4.90 Å². The van der Waals surface area contributed by atoms with Crippen molar-refractivity contribution in [3.8, 4) is 5.75 Å². The van der Waals surface area contributed by atoms with E-state index in [0.717, 1.165) is 11.3 Å². The van der Waals surface area contributed by atoms with Gasteiger partial charge in [0.25, 0.3) is 0 Å². The number of anilines is 1. The Bertz CT molecular complexity index is 739. The number of alkyl halides is 2. The average molecular weight is 472 g/mol. The van der Waals surface area contributed by atoms with Gasteiger partial charge in [0.1, 0.15) is 12.3 Å². The van der Waals surface area contributed by atoms with Gasteiger partial charge < -0.3 is 10.4 Å². The van der Waals surface area contributed by atoms with Gasteiger partial charge in [-0.15, -0.1) is 0 Å². The van der Waals surface area contributed by atoms with Crippen LogP contribution in [-0.2, 0) is 14.4 Å². The zero-order chi connectivity index (χ0) is 17.9. The SMILES string of the molecule is O=C(CN1C(=O)[C@H]2[C@@H]3C[C@@H]([C@@H](Br)[C@@H]3Br)[C@@H]2C1=O)Nc1cccc(O)c1. The van der Waals surface area contributed by atoms with Crippen LogP contribution in [-0.4, -0.2) is 43.9 Å². The molecule has 8 heteroatoms. The molecule has 3 fully saturated rings. The lowest BCUT2D eigenvalue weighted by molar-refractivity contribution is -0.143. The molecule has 0 aromatic heterocycles. The summed E-state index contributed by atoms with van der Waals surface area (Å²) in [6.07, 6.45) is 0.863. The van der Waals surface area contributed by atoms with Crippen LogP contribution in [0.2, 0.25) is 0 Å². The summed E-state index contributed by atoms with van der Waals surface area (Å²) in [6, 6.07) is 6.13. The van der Waals surface area contributed by atoms with Crippen molar-refractivity contribution in [2.45, 2.75) is 16.1 Å². The molecule has 6 nitrogen and oxygen atoms in total.